The van der Waals surface area contributed by atoms with Crippen molar-refractivity contribution in [3.63, 3.8) is 0 Å². The Morgan fingerprint density at radius 1 is 1.11 bits per heavy atom. The number of carbonyl (C=O) groups is 2. The lowest BCUT2D eigenvalue weighted by molar-refractivity contribution is 0.0288. The van der Waals surface area contributed by atoms with E-state index in [0.717, 1.165) is 5.56 Å². The summed E-state index contributed by atoms with van der Waals surface area (Å²) in [6.07, 6.45) is -0.266. The second-order valence-corrected chi connectivity index (χ2v) is 6.30. The van der Waals surface area contributed by atoms with Gasteiger partial charge in [0, 0.05) is 6.54 Å². The minimum Gasteiger partial charge on any atom is -0.465 e. The summed E-state index contributed by atoms with van der Waals surface area (Å²) in [6, 6.07) is 15.9. The Balaban J connectivity index is 0.00000261. The predicted molar refractivity (Wildman–Crippen MR) is 104 cm³/mol. The number of hydrogen-bond donors (Lipinski definition) is 3. The summed E-state index contributed by atoms with van der Waals surface area (Å²) in [6.45, 7) is 1.03. The predicted octanol–water partition coefficient (Wildman–Crippen LogP) is 1.87. The highest BCUT2D eigenvalue weighted by Crippen LogP contribution is 2.31. The molecule has 2 aromatic carbocycles. The van der Waals surface area contributed by atoms with Crippen LogP contribution >= 0.6 is 12.4 Å². The molecule has 0 spiro atoms. The zero-order valence-electron chi connectivity index (χ0n) is 15.0. The molecule has 1 heterocycles. The Kier molecular flexibility index (Phi) is 6.96. The van der Waals surface area contributed by atoms with E-state index in [1.807, 2.05) is 30.3 Å². The van der Waals surface area contributed by atoms with Crippen LogP contribution in [0.1, 0.15) is 32.7 Å². The molecular weight excluding hydrogens is 368 g/mol. The molecule has 1 aliphatic heterocycles. The molecule has 1 saturated heterocycles. The van der Waals surface area contributed by atoms with Crippen LogP contribution in [0.15, 0.2) is 54.6 Å². The zero-order chi connectivity index (χ0) is 18.6. The molecule has 1 aliphatic rings. The van der Waals surface area contributed by atoms with E-state index < -0.39 is 23.5 Å². The first-order valence-corrected chi connectivity index (χ1v) is 8.52. The topological polar surface area (TPSA) is 87.7 Å². The van der Waals surface area contributed by atoms with E-state index in [-0.39, 0.29) is 23.5 Å². The van der Waals surface area contributed by atoms with Crippen molar-refractivity contribution in [3.05, 3.63) is 71.3 Å². The molecule has 3 rings (SSSR count). The summed E-state index contributed by atoms with van der Waals surface area (Å²) in [5.41, 5.74) is 0.324. The number of nitrogens with one attached hydrogen (secondary N) is 2. The second kappa shape index (κ2) is 8.99. The van der Waals surface area contributed by atoms with Gasteiger partial charge in [-0.05, 0) is 30.7 Å². The number of amides is 1. The molecule has 0 aromatic heterocycles. The molecule has 6 nitrogen and oxygen atoms in total. The van der Waals surface area contributed by atoms with Gasteiger partial charge >= 0.3 is 5.97 Å². The fraction of sp³-hybridized carbons (Fsp3) is 0.300. The Bertz CT molecular complexity index is 800. The highest BCUT2D eigenvalue weighted by molar-refractivity contribution is 6.05. The first kappa shape index (κ1) is 20.9. The second-order valence-electron chi connectivity index (χ2n) is 6.30. The first-order valence-electron chi connectivity index (χ1n) is 8.52. The minimum atomic E-state index is -0.924. The van der Waals surface area contributed by atoms with Gasteiger partial charge in [0.2, 0.25) is 0 Å². The lowest BCUT2D eigenvalue weighted by atomic mass is 9.79. The van der Waals surface area contributed by atoms with E-state index in [0.29, 0.717) is 19.5 Å². The Morgan fingerprint density at radius 3 is 2.37 bits per heavy atom. The van der Waals surface area contributed by atoms with Crippen molar-refractivity contribution >= 4 is 24.3 Å². The molecule has 2 atom stereocenters. The lowest BCUT2D eigenvalue weighted by Crippen LogP contribution is -2.61. The van der Waals surface area contributed by atoms with E-state index in [9.17, 15) is 14.7 Å². The maximum atomic E-state index is 13.0. The van der Waals surface area contributed by atoms with Crippen LogP contribution in [0.25, 0.3) is 0 Å². The number of halogens is 1. The van der Waals surface area contributed by atoms with Gasteiger partial charge < -0.3 is 20.5 Å². The number of β-amino-alcohol motifs (C(OH)–C–C–N with tert-alkyl or cyclic N) is 1. The van der Waals surface area contributed by atoms with Crippen molar-refractivity contribution in [3.8, 4) is 0 Å². The molecule has 2 aromatic rings. The van der Waals surface area contributed by atoms with Gasteiger partial charge in [-0.3, -0.25) is 4.79 Å². The number of hydrogen-bond acceptors (Lipinski definition) is 5. The van der Waals surface area contributed by atoms with Crippen molar-refractivity contribution in [2.24, 2.45) is 0 Å². The summed E-state index contributed by atoms with van der Waals surface area (Å²) < 4.78 is 4.77. The number of aliphatic hydroxyl groups is 1. The number of ether oxygens (including phenoxy) is 1. The summed E-state index contributed by atoms with van der Waals surface area (Å²) in [4.78, 5) is 25.0. The third-order valence-electron chi connectivity index (χ3n) is 4.81. The van der Waals surface area contributed by atoms with E-state index in [1.165, 1.54) is 7.11 Å². The van der Waals surface area contributed by atoms with E-state index in [2.05, 4.69) is 10.6 Å². The van der Waals surface area contributed by atoms with Crippen LogP contribution in [-0.4, -0.2) is 43.3 Å². The number of methoxy groups -OCH3 is 1. The number of piperidine rings is 1. The average Bonchev–Trinajstić information content (AvgIpc) is 2.69. The number of benzene rings is 2. The maximum Gasteiger partial charge on any atom is 0.338 e. The molecule has 1 amide bonds. The lowest BCUT2D eigenvalue weighted by Gasteiger charge is -2.43. The van der Waals surface area contributed by atoms with Crippen molar-refractivity contribution in [1.82, 2.24) is 10.6 Å². The van der Waals surface area contributed by atoms with E-state index in [1.54, 1.807) is 24.3 Å². The molecule has 0 aliphatic carbocycles. The van der Waals surface area contributed by atoms with Gasteiger partial charge in [0.1, 0.15) is 0 Å². The molecule has 27 heavy (non-hydrogen) atoms. The largest absolute Gasteiger partial charge is 0.465 e. The molecule has 0 saturated carbocycles. The fourth-order valence-corrected chi connectivity index (χ4v) is 3.39. The Morgan fingerprint density at radius 2 is 1.74 bits per heavy atom. The number of rotatable bonds is 4. The van der Waals surface area contributed by atoms with Crippen molar-refractivity contribution in [2.75, 3.05) is 20.2 Å². The number of esters is 1. The minimum absolute atomic E-state index is 0. The highest BCUT2D eigenvalue weighted by Gasteiger charge is 2.43. The standard InChI is InChI=1S/C20H22N2O4.ClH/c1-26-19(25)16-10-6-5-9-15(16)18(24)22-20(11-12-21-13-17(20)23)14-7-3-2-4-8-14;/h2-10,17,21,23H,11-13H2,1H3,(H,22,24);1H/t17-,20+;/m1./s1. The monoisotopic (exact) mass is 390 g/mol. The first-order chi connectivity index (χ1) is 12.6. The summed E-state index contributed by atoms with van der Waals surface area (Å²) in [7, 11) is 1.28. The molecular formula is C20H23ClN2O4. The zero-order valence-corrected chi connectivity index (χ0v) is 15.8. The van der Waals surface area contributed by atoms with Crippen LogP contribution in [0.5, 0.6) is 0 Å². The number of carbonyl (C=O) groups excluding carboxylic acids is 2. The highest BCUT2D eigenvalue weighted by atomic mass is 35.5. The molecule has 0 bridgehead atoms. The average molecular weight is 391 g/mol. The quantitative estimate of drug-likeness (QED) is 0.694. The third-order valence-corrected chi connectivity index (χ3v) is 4.81. The van der Waals surface area contributed by atoms with E-state index in [4.69, 9.17) is 4.74 Å². The van der Waals surface area contributed by atoms with Crippen molar-refractivity contribution in [1.29, 1.82) is 0 Å². The van der Waals surface area contributed by atoms with Crippen LogP contribution in [0.4, 0.5) is 0 Å². The van der Waals surface area contributed by atoms with Gasteiger partial charge in [0.05, 0.1) is 29.9 Å². The third kappa shape index (κ3) is 4.13. The Labute approximate surface area is 164 Å². The molecule has 144 valence electrons. The van der Waals surface area contributed by atoms with Gasteiger partial charge in [0.25, 0.3) is 5.91 Å². The molecule has 1 fully saturated rings. The van der Waals surface area contributed by atoms with Crippen LogP contribution in [0.2, 0.25) is 0 Å². The van der Waals surface area contributed by atoms with Gasteiger partial charge in [0.15, 0.2) is 0 Å². The van der Waals surface area contributed by atoms with Crippen LogP contribution < -0.4 is 10.6 Å². The molecule has 7 heteroatoms. The summed E-state index contributed by atoms with van der Waals surface area (Å²) >= 11 is 0. The summed E-state index contributed by atoms with van der Waals surface area (Å²) in [5, 5.41) is 16.9. The van der Waals surface area contributed by atoms with Gasteiger partial charge in [-0.15, -0.1) is 12.4 Å². The maximum absolute atomic E-state index is 13.0. The van der Waals surface area contributed by atoms with Crippen LogP contribution in [-0.2, 0) is 10.3 Å². The smallest absolute Gasteiger partial charge is 0.338 e. The normalized spacial score (nSPS) is 21.6. The van der Waals surface area contributed by atoms with Crippen molar-refractivity contribution < 1.29 is 19.4 Å². The van der Waals surface area contributed by atoms with Crippen LogP contribution in [0.3, 0.4) is 0 Å². The molecule has 0 unspecified atom stereocenters. The van der Waals surface area contributed by atoms with E-state index >= 15 is 0 Å². The summed E-state index contributed by atoms with van der Waals surface area (Å²) in [5.74, 6) is -0.994. The SMILES string of the molecule is COC(=O)c1ccccc1C(=O)N[C@]1(c2ccccc2)CCNC[C@H]1O.Cl. The van der Waals surface area contributed by atoms with Crippen molar-refractivity contribution in [2.45, 2.75) is 18.1 Å². The van der Waals surface area contributed by atoms with Gasteiger partial charge in [-0.2, -0.15) is 0 Å². The van der Waals surface area contributed by atoms with Gasteiger partial charge in [-0.1, -0.05) is 42.5 Å². The molecule has 3 N–H and O–H groups in total. The number of aliphatic hydroxyl groups excluding tert-OH is 1. The fourth-order valence-electron chi connectivity index (χ4n) is 3.39. The molecule has 0 radical (unpaired) electrons. The van der Waals surface area contributed by atoms with Gasteiger partial charge in [-0.25, -0.2) is 4.79 Å². The van der Waals surface area contributed by atoms with Crippen LogP contribution in [0, 0.1) is 0 Å². The Hall–Kier alpha value is -2.41.